The Hall–Kier alpha value is -2.14. The van der Waals surface area contributed by atoms with E-state index in [0.29, 0.717) is 10.9 Å². The Morgan fingerprint density at radius 3 is 2.57 bits per heavy atom. The molecule has 2 atom stereocenters. The Balaban J connectivity index is 2.06. The van der Waals surface area contributed by atoms with E-state index in [0.717, 1.165) is 5.56 Å². The van der Waals surface area contributed by atoms with Gasteiger partial charge in [-0.15, -0.1) is 0 Å². The minimum absolute atomic E-state index is 0.0216. The third kappa shape index (κ3) is 4.61. The lowest BCUT2D eigenvalue weighted by molar-refractivity contribution is 0.139. The molecule has 3 rings (SSSR count). The first-order valence-corrected chi connectivity index (χ1v) is 11.6. The monoisotopic (exact) mass is 497 g/mol. The Labute approximate surface area is 184 Å². The fraction of sp³-hybridized carbons (Fsp3) is 0.350. The normalized spacial score (nSPS) is 19.3. The molecule has 1 aliphatic heterocycles. The van der Waals surface area contributed by atoms with Crippen LogP contribution >= 0.6 is 15.9 Å². The lowest BCUT2D eigenvalue weighted by atomic mass is 10.1. The molecule has 30 heavy (non-hydrogen) atoms. The summed E-state index contributed by atoms with van der Waals surface area (Å²) in [7, 11) is -2.60. The molecule has 8 nitrogen and oxygen atoms in total. The minimum atomic E-state index is -4.01. The summed E-state index contributed by atoms with van der Waals surface area (Å²) in [6, 6.07) is 13.0. The molecule has 1 amide bonds. The number of carboxylic acid groups (broad SMARTS) is 1. The summed E-state index contributed by atoms with van der Waals surface area (Å²) in [6.07, 6.45) is -0.782. The standard InChI is InChI=1S/C20H24BrN3O5S/c1-29-18-8-7-15(21)9-19(18)30(27,28)24(12-14-5-3-2-4-6-14)17-10-16(11-22)23(13-17)20(25)26/h2-9,16-17H,10-13,22H2,1H3,(H,25,26)/t16-,17-/m1/s1. The maximum absolute atomic E-state index is 13.8. The van der Waals surface area contributed by atoms with E-state index in [9.17, 15) is 18.3 Å². The zero-order valence-electron chi connectivity index (χ0n) is 16.4. The van der Waals surface area contributed by atoms with Crippen molar-refractivity contribution in [1.29, 1.82) is 0 Å². The SMILES string of the molecule is COc1ccc(Br)cc1S(=O)(=O)N(Cc1ccccc1)[C@@H]1C[C@H](CN)N(C(=O)O)C1. The number of amides is 1. The fourth-order valence-corrected chi connectivity index (χ4v) is 6.02. The Kier molecular flexibility index (Phi) is 7.02. The van der Waals surface area contributed by atoms with Crippen LogP contribution in [0, 0.1) is 0 Å². The van der Waals surface area contributed by atoms with Crippen LogP contribution in [0.15, 0.2) is 57.9 Å². The molecule has 0 saturated carbocycles. The predicted molar refractivity (Wildman–Crippen MR) is 116 cm³/mol. The third-order valence-electron chi connectivity index (χ3n) is 5.21. The van der Waals surface area contributed by atoms with Crippen molar-refractivity contribution in [2.75, 3.05) is 20.2 Å². The number of halogens is 1. The number of rotatable bonds is 7. The molecule has 3 N–H and O–H groups in total. The molecule has 1 aliphatic rings. The first-order valence-electron chi connectivity index (χ1n) is 9.37. The average molecular weight is 498 g/mol. The Bertz CT molecular complexity index is 1000. The fourth-order valence-electron chi connectivity index (χ4n) is 3.71. The van der Waals surface area contributed by atoms with Gasteiger partial charge in [0, 0.05) is 36.2 Å². The molecule has 0 aliphatic carbocycles. The quantitative estimate of drug-likeness (QED) is 0.607. The van der Waals surface area contributed by atoms with E-state index in [2.05, 4.69) is 15.9 Å². The molecule has 0 aromatic heterocycles. The summed E-state index contributed by atoms with van der Waals surface area (Å²) in [4.78, 5) is 12.9. The van der Waals surface area contributed by atoms with Gasteiger partial charge < -0.3 is 20.5 Å². The van der Waals surface area contributed by atoms with Gasteiger partial charge >= 0.3 is 6.09 Å². The van der Waals surface area contributed by atoms with Gasteiger partial charge in [0.15, 0.2) is 0 Å². The minimum Gasteiger partial charge on any atom is -0.495 e. The van der Waals surface area contributed by atoms with E-state index in [-0.39, 0.29) is 30.3 Å². The van der Waals surface area contributed by atoms with Gasteiger partial charge in [-0.05, 0) is 30.2 Å². The second-order valence-corrected chi connectivity index (χ2v) is 9.82. The van der Waals surface area contributed by atoms with Crippen molar-refractivity contribution in [1.82, 2.24) is 9.21 Å². The first-order chi connectivity index (χ1) is 14.3. The summed E-state index contributed by atoms with van der Waals surface area (Å²) in [5.41, 5.74) is 6.56. The number of ether oxygens (including phenoxy) is 1. The summed E-state index contributed by atoms with van der Waals surface area (Å²) in [5.74, 6) is 0.222. The lowest BCUT2D eigenvalue weighted by Crippen LogP contribution is -2.42. The summed E-state index contributed by atoms with van der Waals surface area (Å²) in [5, 5.41) is 9.52. The molecule has 0 spiro atoms. The molecule has 10 heteroatoms. The molecule has 1 saturated heterocycles. The van der Waals surface area contributed by atoms with E-state index >= 15 is 0 Å². The largest absolute Gasteiger partial charge is 0.495 e. The number of carbonyl (C=O) groups is 1. The molecule has 0 unspecified atom stereocenters. The third-order valence-corrected chi connectivity index (χ3v) is 7.62. The molecule has 162 valence electrons. The van der Waals surface area contributed by atoms with E-state index in [1.807, 2.05) is 30.3 Å². The van der Waals surface area contributed by atoms with Crippen molar-refractivity contribution in [3.8, 4) is 5.75 Å². The average Bonchev–Trinajstić information content (AvgIpc) is 3.17. The molecule has 0 bridgehead atoms. The van der Waals surface area contributed by atoms with Crippen LogP contribution in [0.3, 0.4) is 0 Å². The van der Waals surface area contributed by atoms with E-state index in [4.69, 9.17) is 10.5 Å². The van der Waals surface area contributed by atoms with Crippen LogP contribution in [-0.2, 0) is 16.6 Å². The molecule has 2 aromatic carbocycles. The van der Waals surface area contributed by atoms with Crippen molar-refractivity contribution in [2.24, 2.45) is 5.73 Å². The second kappa shape index (κ2) is 9.34. The highest BCUT2D eigenvalue weighted by Gasteiger charge is 2.42. The molecule has 1 fully saturated rings. The van der Waals surface area contributed by atoms with Gasteiger partial charge in [-0.25, -0.2) is 13.2 Å². The highest BCUT2D eigenvalue weighted by atomic mass is 79.9. The van der Waals surface area contributed by atoms with Gasteiger partial charge in [0.1, 0.15) is 10.6 Å². The topological polar surface area (TPSA) is 113 Å². The summed E-state index contributed by atoms with van der Waals surface area (Å²) < 4.78 is 34.8. The van der Waals surface area contributed by atoms with E-state index in [1.54, 1.807) is 12.1 Å². The molecule has 1 heterocycles. The van der Waals surface area contributed by atoms with Gasteiger partial charge in [0.2, 0.25) is 10.0 Å². The smallest absolute Gasteiger partial charge is 0.407 e. The van der Waals surface area contributed by atoms with Crippen LogP contribution < -0.4 is 10.5 Å². The maximum atomic E-state index is 13.8. The number of methoxy groups -OCH3 is 1. The van der Waals surface area contributed by atoms with Crippen LogP contribution in [0.25, 0.3) is 0 Å². The molecular weight excluding hydrogens is 474 g/mol. The predicted octanol–water partition coefficient (Wildman–Crippen LogP) is 2.73. The number of hydrogen-bond acceptors (Lipinski definition) is 5. The number of sulfonamides is 1. The van der Waals surface area contributed by atoms with Crippen molar-refractivity contribution in [2.45, 2.75) is 29.9 Å². The Morgan fingerprint density at radius 2 is 2.00 bits per heavy atom. The van der Waals surface area contributed by atoms with Gasteiger partial charge in [0.25, 0.3) is 0 Å². The van der Waals surface area contributed by atoms with Crippen LogP contribution in [0.4, 0.5) is 4.79 Å². The zero-order chi connectivity index (χ0) is 21.9. The Morgan fingerprint density at radius 1 is 1.30 bits per heavy atom. The highest BCUT2D eigenvalue weighted by molar-refractivity contribution is 9.10. The maximum Gasteiger partial charge on any atom is 0.407 e. The van der Waals surface area contributed by atoms with Crippen molar-refractivity contribution < 1.29 is 23.1 Å². The lowest BCUT2D eigenvalue weighted by Gasteiger charge is -2.29. The van der Waals surface area contributed by atoms with Crippen molar-refractivity contribution in [3.05, 3.63) is 58.6 Å². The molecule has 0 radical (unpaired) electrons. The first kappa shape index (κ1) is 22.5. The summed E-state index contributed by atoms with van der Waals surface area (Å²) in [6.45, 7) is 0.288. The zero-order valence-corrected chi connectivity index (χ0v) is 18.8. The number of nitrogens with two attached hydrogens (primary N) is 1. The van der Waals surface area contributed by atoms with Crippen LogP contribution in [0.2, 0.25) is 0 Å². The molecule has 2 aromatic rings. The number of likely N-dealkylation sites (tertiary alicyclic amines) is 1. The number of hydrogen-bond donors (Lipinski definition) is 2. The summed E-state index contributed by atoms with van der Waals surface area (Å²) >= 11 is 3.33. The highest BCUT2D eigenvalue weighted by Crippen LogP contribution is 2.34. The number of benzene rings is 2. The number of nitrogens with zero attached hydrogens (tertiary/aromatic N) is 2. The van der Waals surface area contributed by atoms with Crippen LogP contribution in [-0.4, -0.2) is 61.1 Å². The van der Waals surface area contributed by atoms with Crippen molar-refractivity contribution in [3.63, 3.8) is 0 Å². The van der Waals surface area contributed by atoms with Gasteiger partial charge in [-0.1, -0.05) is 46.3 Å². The van der Waals surface area contributed by atoms with Crippen molar-refractivity contribution >= 4 is 32.0 Å². The van der Waals surface area contributed by atoms with E-state index < -0.39 is 28.2 Å². The van der Waals surface area contributed by atoms with Gasteiger partial charge in [0.05, 0.1) is 7.11 Å². The molecular formula is C20H24BrN3O5S. The van der Waals surface area contributed by atoms with Gasteiger partial charge in [-0.2, -0.15) is 4.31 Å². The second-order valence-electron chi connectivity index (χ2n) is 7.05. The van der Waals surface area contributed by atoms with Crippen LogP contribution in [0.5, 0.6) is 5.75 Å². The van der Waals surface area contributed by atoms with Crippen LogP contribution in [0.1, 0.15) is 12.0 Å². The van der Waals surface area contributed by atoms with Gasteiger partial charge in [-0.3, -0.25) is 0 Å². The van der Waals surface area contributed by atoms with E-state index in [1.165, 1.54) is 22.4 Å².